The summed E-state index contributed by atoms with van der Waals surface area (Å²) in [6.07, 6.45) is 7.12. The van der Waals surface area contributed by atoms with Crippen LogP contribution in [0.1, 0.15) is 47.0 Å². The average molecular weight is 703 g/mol. The van der Waals surface area contributed by atoms with Crippen LogP contribution in [0.25, 0.3) is 16.9 Å². The van der Waals surface area contributed by atoms with Crippen molar-refractivity contribution in [2.24, 2.45) is 23.7 Å². The van der Waals surface area contributed by atoms with E-state index in [-0.39, 0.29) is 31.7 Å². The number of hydrogen-bond donors (Lipinski definition) is 0. The van der Waals surface area contributed by atoms with Gasteiger partial charge in [0, 0.05) is 0 Å². The molecule has 4 bridgehead atoms. The molecule has 1 radical (unpaired) electrons. The Morgan fingerprint density at radius 1 is 0.605 bits per heavy atom. The summed E-state index contributed by atoms with van der Waals surface area (Å²) >= 11 is -0.392. The van der Waals surface area contributed by atoms with E-state index in [4.69, 9.17) is 5.73 Å². The number of rotatable bonds is 3. The fourth-order valence-electron chi connectivity index (χ4n) is 6.75. The molecule has 0 saturated heterocycles. The van der Waals surface area contributed by atoms with Gasteiger partial charge in [0.15, 0.2) is 0 Å². The summed E-state index contributed by atoms with van der Waals surface area (Å²) in [6, 6.07) is 42.3. The van der Waals surface area contributed by atoms with Crippen molar-refractivity contribution in [3.8, 4) is 11.1 Å². The molecule has 3 heteroatoms. The van der Waals surface area contributed by atoms with Crippen LogP contribution in [0.2, 0.25) is 0 Å². The van der Waals surface area contributed by atoms with E-state index >= 15 is 0 Å². The summed E-state index contributed by atoms with van der Waals surface area (Å²) in [6.45, 7) is 8.67. The Hall–Kier alpha value is -2.25. The van der Waals surface area contributed by atoms with Crippen LogP contribution >= 0.6 is 0 Å². The molecule has 9 rings (SSSR count). The molecule has 4 saturated carbocycles. The van der Waals surface area contributed by atoms with Gasteiger partial charge in [-0.3, -0.25) is 6.08 Å². The number of allylic oxidation sites excluding steroid dienone is 4. The average Bonchev–Trinajstić information content (AvgIpc) is 3.39. The maximum atomic E-state index is 7.79. The minimum Gasteiger partial charge on any atom is -0.0622 e. The van der Waals surface area contributed by atoms with Gasteiger partial charge in [0.25, 0.3) is 0 Å². The first-order chi connectivity index (χ1) is 20.3. The molecule has 0 amide bonds. The first-order valence-electron chi connectivity index (χ1n) is 15.4. The summed E-state index contributed by atoms with van der Waals surface area (Å²) in [4.78, 5) is 0. The molecule has 0 aliphatic heterocycles. The first-order valence-corrected chi connectivity index (χ1v) is 17.8. The van der Waals surface area contributed by atoms with E-state index in [2.05, 4.69) is 143 Å². The van der Waals surface area contributed by atoms with Crippen molar-refractivity contribution < 1.29 is 26.2 Å². The Morgan fingerprint density at radius 3 is 1.19 bits per heavy atom. The van der Waals surface area contributed by atoms with E-state index in [0.29, 0.717) is 5.92 Å². The molecule has 1 atom stereocenters. The second-order valence-electron chi connectivity index (χ2n) is 12.4. The summed E-state index contributed by atoms with van der Waals surface area (Å²) in [7, 11) is 0. The standard InChI is InChI=1S/C12H11Ge.C12H10.C9H13.C7H10N.Zr/c1-3-7-11(8-4-1)13-12-9-5-2-6-10-12;1-3-7-11(8-4-1)12-9-5-2-6-10-12;1-6-5-7(2)9(4)8(6)3;8-7-1-4-5(2-7)6(4)3-7;/h1-10,13H;1-10H;6H,1-4H3;4-6,8H,1-3H2;/q;;2*-1;+2. The van der Waals surface area contributed by atoms with Crippen LogP contribution in [-0.2, 0) is 26.2 Å². The molecule has 1 unspecified atom stereocenters. The van der Waals surface area contributed by atoms with Crippen molar-refractivity contribution in [3.63, 3.8) is 0 Å². The third kappa shape index (κ3) is 9.13. The van der Waals surface area contributed by atoms with Gasteiger partial charge < -0.3 is 5.73 Å². The second kappa shape index (κ2) is 15.7. The predicted octanol–water partition coefficient (Wildman–Crippen LogP) is 8.98. The Balaban J connectivity index is 0.000000132. The molecular formula is C40H44GeNZr. The van der Waals surface area contributed by atoms with Crippen LogP contribution < -0.4 is 8.79 Å². The van der Waals surface area contributed by atoms with Crippen molar-refractivity contribution in [2.75, 3.05) is 0 Å². The van der Waals surface area contributed by atoms with Gasteiger partial charge in [0.2, 0.25) is 0 Å². The van der Waals surface area contributed by atoms with Gasteiger partial charge in [0.05, 0.1) is 0 Å². The van der Waals surface area contributed by atoms with Gasteiger partial charge in [-0.15, -0.1) is 12.5 Å². The van der Waals surface area contributed by atoms with E-state index in [0.717, 1.165) is 17.8 Å². The first kappa shape index (κ1) is 33.6. The molecule has 5 aliphatic rings. The molecule has 0 aromatic heterocycles. The Kier molecular flexibility index (Phi) is 12.2. The van der Waals surface area contributed by atoms with Gasteiger partial charge in [-0.2, -0.15) is 11.1 Å². The van der Waals surface area contributed by atoms with Gasteiger partial charge >= 0.3 is 111 Å². The minimum atomic E-state index is -0.392. The molecule has 4 aromatic rings. The SMILES string of the molecule is CC1=[C-]C(C)C(C)=C1C.[NH-]C12CC3C(C1)C3C2.[Zr+2].c1cc[c]([GeH][c]2ccccc2)cc1.c1ccc(-c2ccccc2)cc1. The Labute approximate surface area is 285 Å². The van der Waals surface area contributed by atoms with Gasteiger partial charge in [-0.25, -0.2) is 5.57 Å². The Bertz CT molecular complexity index is 1370. The summed E-state index contributed by atoms with van der Waals surface area (Å²) in [5.74, 6) is 3.66. The minimum absolute atomic E-state index is 0. The maximum absolute atomic E-state index is 7.79. The van der Waals surface area contributed by atoms with Crippen molar-refractivity contribution in [2.45, 2.75) is 52.5 Å². The number of hydrogen-bond acceptors (Lipinski definition) is 0. The zero-order valence-electron chi connectivity index (χ0n) is 26.1. The van der Waals surface area contributed by atoms with Crippen molar-refractivity contribution in [1.29, 1.82) is 0 Å². The fourth-order valence-corrected chi connectivity index (χ4v) is 9.30. The molecule has 4 fully saturated rings. The predicted molar refractivity (Wildman–Crippen MR) is 183 cm³/mol. The molecule has 4 aromatic carbocycles. The molecule has 1 nitrogen and oxygen atoms in total. The van der Waals surface area contributed by atoms with Crippen LogP contribution in [0.5, 0.6) is 0 Å². The van der Waals surface area contributed by atoms with E-state index in [1.165, 1.54) is 55.9 Å². The molecule has 0 heterocycles. The molecular weight excluding hydrogens is 658 g/mol. The van der Waals surface area contributed by atoms with Crippen LogP contribution in [0.3, 0.4) is 0 Å². The normalized spacial score (nSPS) is 25.1. The van der Waals surface area contributed by atoms with E-state index in [9.17, 15) is 0 Å². The Morgan fingerprint density at radius 2 is 0.953 bits per heavy atom. The third-order valence-corrected chi connectivity index (χ3v) is 12.5. The van der Waals surface area contributed by atoms with Gasteiger partial charge in [-0.05, 0) is 28.9 Å². The largest absolute Gasteiger partial charge is 0.0622 e. The maximum Gasteiger partial charge on any atom is -0.0184 e. The smallest absolute Gasteiger partial charge is 0.0184 e. The monoisotopic (exact) mass is 702 g/mol. The number of benzene rings is 4. The number of nitrogens with one attached hydrogen (secondary N) is 1. The van der Waals surface area contributed by atoms with E-state index in [1.54, 1.807) is 0 Å². The molecule has 5 aliphatic carbocycles. The summed E-state index contributed by atoms with van der Waals surface area (Å²) in [5.41, 5.74) is 14.7. The molecule has 0 spiro atoms. The van der Waals surface area contributed by atoms with Crippen molar-refractivity contribution >= 4 is 24.2 Å². The van der Waals surface area contributed by atoms with Gasteiger partial charge in [-0.1, -0.05) is 107 Å². The van der Waals surface area contributed by atoms with Crippen LogP contribution in [-0.4, -0.2) is 21.0 Å². The quantitative estimate of drug-likeness (QED) is 0.150. The summed E-state index contributed by atoms with van der Waals surface area (Å²) in [5, 5.41) is 0. The van der Waals surface area contributed by atoms with E-state index in [1.807, 2.05) is 12.1 Å². The topological polar surface area (TPSA) is 23.8 Å². The van der Waals surface area contributed by atoms with Crippen LogP contribution in [0, 0.1) is 29.7 Å². The molecule has 1 N–H and O–H groups in total. The van der Waals surface area contributed by atoms with Gasteiger partial charge in [0.1, 0.15) is 0 Å². The second-order valence-corrected chi connectivity index (χ2v) is 15.8. The van der Waals surface area contributed by atoms with E-state index < -0.39 is 15.4 Å². The summed E-state index contributed by atoms with van der Waals surface area (Å²) < 4.78 is 3.05. The van der Waals surface area contributed by atoms with Crippen LogP contribution in [0.15, 0.2) is 138 Å². The van der Waals surface area contributed by atoms with Crippen molar-refractivity contribution in [1.82, 2.24) is 0 Å². The third-order valence-electron chi connectivity index (χ3n) is 9.44. The molecule has 43 heavy (non-hydrogen) atoms. The van der Waals surface area contributed by atoms with Crippen LogP contribution in [0.4, 0.5) is 0 Å². The van der Waals surface area contributed by atoms with Crippen molar-refractivity contribution in [3.05, 3.63) is 150 Å². The zero-order chi connectivity index (χ0) is 29.5. The molecule has 217 valence electrons. The fraction of sp³-hybridized carbons (Fsp3) is 0.300. The zero-order valence-corrected chi connectivity index (χ0v) is 30.9.